The summed E-state index contributed by atoms with van der Waals surface area (Å²) in [6.45, 7) is 2.51. The van der Waals surface area contributed by atoms with Gasteiger partial charge in [0.05, 0.1) is 12.5 Å². The highest BCUT2D eigenvalue weighted by Gasteiger charge is 2.33. The van der Waals surface area contributed by atoms with Crippen LogP contribution in [0.5, 0.6) is 0 Å². The number of aromatic nitrogens is 4. The third-order valence-corrected chi connectivity index (χ3v) is 6.22. The van der Waals surface area contributed by atoms with Crippen molar-refractivity contribution in [2.75, 3.05) is 18.0 Å². The Bertz CT molecular complexity index is 1140. The van der Waals surface area contributed by atoms with E-state index in [1.165, 1.54) is 0 Å². The van der Waals surface area contributed by atoms with E-state index in [2.05, 4.69) is 30.7 Å². The molecule has 2 aliphatic rings. The molecule has 5 rings (SSSR count). The molecule has 3 aromatic rings. The van der Waals surface area contributed by atoms with Crippen molar-refractivity contribution in [3.63, 3.8) is 0 Å². The van der Waals surface area contributed by atoms with Gasteiger partial charge in [-0.25, -0.2) is 9.78 Å². The average Bonchev–Trinajstić information content (AvgIpc) is 3.59. The number of benzene rings is 1. The predicted octanol–water partition coefficient (Wildman–Crippen LogP) is 1.67. The molecule has 2 amide bonds. The number of nitrogens with zero attached hydrogens (tertiary/aromatic N) is 5. The van der Waals surface area contributed by atoms with E-state index in [-0.39, 0.29) is 31.0 Å². The second-order valence-corrected chi connectivity index (χ2v) is 8.59. The highest BCUT2D eigenvalue weighted by molar-refractivity contribution is 5.79. The molecule has 34 heavy (non-hydrogen) atoms. The minimum absolute atomic E-state index is 0.0274. The van der Waals surface area contributed by atoms with Gasteiger partial charge in [0.15, 0.2) is 5.82 Å². The van der Waals surface area contributed by atoms with E-state index in [0.717, 1.165) is 36.7 Å². The van der Waals surface area contributed by atoms with E-state index in [1.807, 2.05) is 53.1 Å². The first-order valence-corrected chi connectivity index (χ1v) is 11.5. The molecule has 0 aliphatic carbocycles. The van der Waals surface area contributed by atoms with Crippen LogP contribution in [0, 0.1) is 5.92 Å². The first kappa shape index (κ1) is 21.9. The number of carbonyl (C=O) groups excluding carboxylic acids is 2. The number of alkyl carbamates (subject to hydrolysis) is 1. The van der Waals surface area contributed by atoms with Gasteiger partial charge in [-0.2, -0.15) is 0 Å². The maximum absolute atomic E-state index is 12.9. The van der Waals surface area contributed by atoms with Gasteiger partial charge in [-0.3, -0.25) is 4.79 Å². The summed E-state index contributed by atoms with van der Waals surface area (Å²) in [6, 6.07) is 15.4. The number of fused-ring (bicyclic) bond motifs is 1. The maximum Gasteiger partial charge on any atom is 0.407 e. The number of amides is 2. The number of carbonyl (C=O) groups is 2. The Morgan fingerprint density at radius 1 is 1.06 bits per heavy atom. The third kappa shape index (κ3) is 5.00. The Hall–Kier alpha value is -3.95. The molecule has 2 N–H and O–H groups in total. The van der Waals surface area contributed by atoms with Crippen LogP contribution in [0.15, 0.2) is 54.7 Å². The highest BCUT2D eigenvalue weighted by atomic mass is 16.5. The molecular weight excluding hydrogens is 434 g/mol. The van der Waals surface area contributed by atoms with E-state index in [1.54, 1.807) is 6.20 Å². The molecule has 2 aliphatic heterocycles. The van der Waals surface area contributed by atoms with Gasteiger partial charge >= 0.3 is 6.09 Å². The average molecular weight is 462 g/mol. The Morgan fingerprint density at radius 2 is 1.91 bits per heavy atom. The van der Waals surface area contributed by atoms with Crippen molar-refractivity contribution < 1.29 is 14.3 Å². The van der Waals surface area contributed by atoms with Crippen molar-refractivity contribution >= 4 is 17.8 Å². The highest BCUT2D eigenvalue weighted by Crippen LogP contribution is 2.22. The van der Waals surface area contributed by atoms with Gasteiger partial charge in [0.2, 0.25) is 5.91 Å². The molecule has 176 valence electrons. The molecular formula is C24H27N7O3. The van der Waals surface area contributed by atoms with E-state index in [9.17, 15) is 9.59 Å². The van der Waals surface area contributed by atoms with Crippen LogP contribution in [0.25, 0.3) is 0 Å². The first-order valence-electron chi connectivity index (χ1n) is 11.5. The molecule has 1 saturated heterocycles. The van der Waals surface area contributed by atoms with E-state index < -0.39 is 6.09 Å². The molecule has 0 spiro atoms. The van der Waals surface area contributed by atoms with Crippen LogP contribution in [-0.2, 0) is 35.6 Å². The van der Waals surface area contributed by atoms with Gasteiger partial charge in [0.1, 0.15) is 18.2 Å². The summed E-state index contributed by atoms with van der Waals surface area (Å²) < 4.78 is 7.15. The Kier molecular flexibility index (Phi) is 6.37. The molecule has 2 aromatic heterocycles. The van der Waals surface area contributed by atoms with Crippen molar-refractivity contribution in [3.05, 3.63) is 71.9 Å². The normalized spacial score (nSPS) is 19.0. The summed E-state index contributed by atoms with van der Waals surface area (Å²) in [5, 5.41) is 14.3. The number of hydrogen-bond donors (Lipinski definition) is 2. The minimum Gasteiger partial charge on any atom is -0.445 e. The number of hydrogen-bond acceptors (Lipinski definition) is 7. The van der Waals surface area contributed by atoms with Crippen LogP contribution in [0.1, 0.15) is 23.6 Å². The molecule has 0 saturated carbocycles. The van der Waals surface area contributed by atoms with E-state index in [0.29, 0.717) is 18.8 Å². The number of nitrogens with one attached hydrogen (secondary N) is 2. The number of anilines is 1. The lowest BCUT2D eigenvalue weighted by atomic mass is 10.1. The zero-order valence-corrected chi connectivity index (χ0v) is 18.8. The van der Waals surface area contributed by atoms with Gasteiger partial charge in [-0.05, 0) is 24.1 Å². The van der Waals surface area contributed by atoms with Crippen molar-refractivity contribution in [2.45, 2.75) is 38.6 Å². The van der Waals surface area contributed by atoms with Crippen LogP contribution < -0.4 is 15.5 Å². The maximum atomic E-state index is 12.9. The van der Waals surface area contributed by atoms with Crippen LogP contribution in [0.4, 0.5) is 10.6 Å². The van der Waals surface area contributed by atoms with Crippen molar-refractivity contribution in [2.24, 2.45) is 5.92 Å². The smallest absolute Gasteiger partial charge is 0.407 e. The summed E-state index contributed by atoms with van der Waals surface area (Å²) in [4.78, 5) is 31.5. The van der Waals surface area contributed by atoms with Crippen LogP contribution in [0.3, 0.4) is 0 Å². The quantitative estimate of drug-likeness (QED) is 0.550. The minimum atomic E-state index is -0.521. The summed E-state index contributed by atoms with van der Waals surface area (Å²) in [6.07, 6.45) is 2.69. The number of pyridine rings is 1. The molecule has 10 heteroatoms. The Morgan fingerprint density at radius 3 is 2.74 bits per heavy atom. The predicted molar refractivity (Wildman–Crippen MR) is 124 cm³/mol. The fraction of sp³-hybridized carbons (Fsp3) is 0.375. The molecule has 4 heterocycles. The van der Waals surface area contributed by atoms with Crippen molar-refractivity contribution in [1.29, 1.82) is 0 Å². The van der Waals surface area contributed by atoms with Crippen LogP contribution in [0.2, 0.25) is 0 Å². The topological polar surface area (TPSA) is 114 Å². The largest absolute Gasteiger partial charge is 0.445 e. The fourth-order valence-electron chi connectivity index (χ4n) is 4.42. The molecule has 10 nitrogen and oxygen atoms in total. The Balaban J connectivity index is 1.09. The Labute approximate surface area is 197 Å². The SMILES string of the molecule is O=C(NCc1nnc2n1CC(C(=O)NC1CCN(c3ccccn3)C1)C2)OCc1ccccc1. The summed E-state index contributed by atoms with van der Waals surface area (Å²) in [5.41, 5.74) is 0.917. The first-order chi connectivity index (χ1) is 16.7. The second kappa shape index (κ2) is 9.90. The molecule has 1 fully saturated rings. The van der Waals surface area contributed by atoms with Gasteiger partial charge in [0.25, 0.3) is 0 Å². The van der Waals surface area contributed by atoms with E-state index in [4.69, 9.17) is 4.74 Å². The zero-order valence-electron chi connectivity index (χ0n) is 18.8. The lowest BCUT2D eigenvalue weighted by Gasteiger charge is -2.19. The lowest BCUT2D eigenvalue weighted by molar-refractivity contribution is -0.125. The molecule has 2 atom stereocenters. The molecule has 0 radical (unpaired) electrons. The molecule has 2 unspecified atom stereocenters. The van der Waals surface area contributed by atoms with Gasteiger partial charge in [0, 0.05) is 38.3 Å². The van der Waals surface area contributed by atoms with Gasteiger partial charge in [-0.15, -0.1) is 10.2 Å². The molecule has 1 aromatic carbocycles. The number of ether oxygens (including phenoxy) is 1. The monoisotopic (exact) mass is 461 g/mol. The van der Waals surface area contributed by atoms with Crippen LogP contribution >= 0.6 is 0 Å². The fourth-order valence-corrected chi connectivity index (χ4v) is 4.42. The zero-order chi connectivity index (χ0) is 23.3. The van der Waals surface area contributed by atoms with Crippen LogP contribution in [-0.4, -0.2) is 50.9 Å². The summed E-state index contributed by atoms with van der Waals surface area (Å²) in [5.74, 6) is 2.14. The van der Waals surface area contributed by atoms with Crippen molar-refractivity contribution in [1.82, 2.24) is 30.4 Å². The van der Waals surface area contributed by atoms with Crippen molar-refractivity contribution in [3.8, 4) is 0 Å². The van der Waals surface area contributed by atoms with E-state index >= 15 is 0 Å². The summed E-state index contributed by atoms with van der Waals surface area (Å²) >= 11 is 0. The number of rotatable bonds is 7. The summed E-state index contributed by atoms with van der Waals surface area (Å²) in [7, 11) is 0. The van der Waals surface area contributed by atoms with Gasteiger partial charge in [-0.1, -0.05) is 36.4 Å². The standard InChI is InChI=1S/C24H27N7O3/c32-23(27-19-9-11-30(15-19)20-8-4-5-10-25-20)18-12-21-28-29-22(31(21)14-18)13-26-24(33)34-16-17-6-2-1-3-7-17/h1-8,10,18-19H,9,11-16H2,(H,26,33)(H,27,32). The second-order valence-electron chi connectivity index (χ2n) is 8.59. The third-order valence-electron chi connectivity index (χ3n) is 6.22. The van der Waals surface area contributed by atoms with Gasteiger partial charge < -0.3 is 24.8 Å². The lowest BCUT2D eigenvalue weighted by Crippen LogP contribution is -2.41. The molecule has 0 bridgehead atoms.